The zero-order valence-electron chi connectivity index (χ0n) is 39.0. The summed E-state index contributed by atoms with van der Waals surface area (Å²) < 4.78 is 5.88. The molecule has 1 amide bonds. The van der Waals surface area contributed by atoms with Crippen LogP contribution in [0.5, 0.6) is 0 Å². The van der Waals surface area contributed by atoms with Gasteiger partial charge in [-0.05, 0) is 64.2 Å². The molecule has 6 heteroatoms. The molecule has 0 saturated carbocycles. The lowest BCUT2D eigenvalue weighted by Gasteiger charge is -2.24. The van der Waals surface area contributed by atoms with Gasteiger partial charge >= 0.3 is 5.97 Å². The topological polar surface area (TPSA) is 95.9 Å². The van der Waals surface area contributed by atoms with Gasteiger partial charge in [-0.15, -0.1) is 0 Å². The third-order valence-corrected chi connectivity index (χ3v) is 10.3. The highest BCUT2D eigenvalue weighted by atomic mass is 16.5. The Labute approximate surface area is 374 Å². The number of hydrogen-bond donors (Lipinski definition) is 3. The van der Waals surface area contributed by atoms with Gasteiger partial charge in [0.15, 0.2) is 0 Å². The van der Waals surface area contributed by atoms with Crippen molar-refractivity contribution in [2.75, 3.05) is 6.61 Å². The van der Waals surface area contributed by atoms with Crippen molar-refractivity contribution in [1.82, 2.24) is 5.32 Å². The molecule has 0 aromatic heterocycles. The van der Waals surface area contributed by atoms with Crippen LogP contribution in [0.15, 0.2) is 122 Å². The molecular weight excluding hydrogens is 755 g/mol. The van der Waals surface area contributed by atoms with Crippen LogP contribution in [-0.2, 0) is 14.3 Å². The van der Waals surface area contributed by atoms with Gasteiger partial charge in [0.25, 0.3) is 0 Å². The molecule has 3 unspecified atom stereocenters. The van der Waals surface area contributed by atoms with Gasteiger partial charge in [0.05, 0.1) is 25.2 Å². The Balaban J connectivity index is 4.78. The molecule has 0 radical (unpaired) electrons. The Kier molecular flexibility index (Phi) is 44.4. The Hall–Kier alpha value is -3.74. The van der Waals surface area contributed by atoms with Gasteiger partial charge in [-0.25, -0.2) is 0 Å². The zero-order valence-corrected chi connectivity index (χ0v) is 39.0. The van der Waals surface area contributed by atoms with E-state index < -0.39 is 18.2 Å². The molecular formula is C55H89NO5. The molecule has 3 N–H and O–H groups in total. The summed E-state index contributed by atoms with van der Waals surface area (Å²) in [6.07, 6.45) is 65.3. The fourth-order valence-corrected chi connectivity index (χ4v) is 6.65. The standard InChI is InChI=1S/C55H89NO5/c1-4-7-10-13-16-19-22-25-26-27-28-30-33-36-39-42-45-48-55(60)61-51(46-43-40-37-34-31-29-23-20-17-14-11-8-5-2)49-54(59)56-52(50-57)53(58)47-44-41-38-35-32-24-21-18-15-12-9-6-3/h7-8,10-11,13-14,16-17,19-20,22-23,25-31,33,51-53,57-58H,4-6,9,12,15,18,21,24,32,34-50H2,1-3H3,(H,56,59)/b10-7-,11-8+,16-13+,17-14+,22-19+,23-20+,26-25-,28-27+,31-29-,33-30+. The number of rotatable bonds is 41. The molecule has 0 aromatic rings. The van der Waals surface area contributed by atoms with Crippen LogP contribution in [0.3, 0.4) is 0 Å². The van der Waals surface area contributed by atoms with Gasteiger partial charge in [0, 0.05) is 6.42 Å². The van der Waals surface area contributed by atoms with Gasteiger partial charge in [-0.3, -0.25) is 9.59 Å². The lowest BCUT2D eigenvalue weighted by Crippen LogP contribution is -2.46. The van der Waals surface area contributed by atoms with E-state index in [1.807, 2.05) is 91.1 Å². The highest BCUT2D eigenvalue weighted by molar-refractivity contribution is 5.77. The van der Waals surface area contributed by atoms with Crippen LogP contribution in [0.1, 0.15) is 188 Å². The highest BCUT2D eigenvalue weighted by Crippen LogP contribution is 2.17. The average Bonchev–Trinajstić information content (AvgIpc) is 3.25. The molecule has 0 aromatic carbocycles. The van der Waals surface area contributed by atoms with E-state index in [9.17, 15) is 19.8 Å². The summed E-state index contributed by atoms with van der Waals surface area (Å²) in [6, 6.07) is -0.732. The average molecular weight is 844 g/mol. The van der Waals surface area contributed by atoms with Crippen molar-refractivity contribution in [3.05, 3.63) is 122 Å². The van der Waals surface area contributed by atoms with E-state index in [-0.39, 0.29) is 24.9 Å². The van der Waals surface area contributed by atoms with E-state index >= 15 is 0 Å². The number of esters is 1. The highest BCUT2D eigenvalue weighted by Gasteiger charge is 2.24. The second-order valence-corrected chi connectivity index (χ2v) is 16.0. The van der Waals surface area contributed by atoms with Crippen molar-refractivity contribution < 1.29 is 24.5 Å². The molecule has 0 spiro atoms. The molecule has 0 aliphatic rings. The quantitative estimate of drug-likeness (QED) is 0.0324. The molecule has 6 nitrogen and oxygen atoms in total. The monoisotopic (exact) mass is 844 g/mol. The maximum Gasteiger partial charge on any atom is 0.306 e. The first-order valence-electron chi connectivity index (χ1n) is 24.4. The Morgan fingerprint density at radius 3 is 1.34 bits per heavy atom. The van der Waals surface area contributed by atoms with Crippen molar-refractivity contribution in [1.29, 1.82) is 0 Å². The molecule has 0 bridgehead atoms. The fraction of sp³-hybridized carbons (Fsp3) is 0.600. The van der Waals surface area contributed by atoms with Crippen molar-refractivity contribution in [3.63, 3.8) is 0 Å². The van der Waals surface area contributed by atoms with Gasteiger partial charge in [-0.1, -0.05) is 232 Å². The number of hydrogen-bond acceptors (Lipinski definition) is 5. The zero-order chi connectivity index (χ0) is 44.5. The molecule has 344 valence electrons. The number of carbonyl (C=O) groups excluding carboxylic acids is 2. The molecule has 0 heterocycles. The third kappa shape index (κ3) is 42.7. The van der Waals surface area contributed by atoms with Crippen molar-refractivity contribution in [3.8, 4) is 0 Å². The first-order chi connectivity index (χ1) is 30.0. The molecule has 0 saturated heterocycles. The minimum Gasteiger partial charge on any atom is -0.462 e. The first-order valence-corrected chi connectivity index (χ1v) is 24.4. The van der Waals surface area contributed by atoms with Crippen LogP contribution in [0.25, 0.3) is 0 Å². The maximum absolute atomic E-state index is 13.2. The SMILES string of the molecule is CC\C=C/C=C/C=C/C=C\C=C\C=C\CCCCCC(=O)OC(CCCCC\C=C/C=C/C=C/C=C/CC)CC(=O)NC(CO)C(O)CCCCCCCCCCCCCC. The summed E-state index contributed by atoms with van der Waals surface area (Å²) in [6.45, 7) is 6.15. The Bertz CT molecular complexity index is 1310. The number of unbranched alkanes of at least 4 members (excludes halogenated alkanes) is 17. The number of aliphatic hydroxyl groups is 2. The fourth-order valence-electron chi connectivity index (χ4n) is 6.65. The van der Waals surface area contributed by atoms with E-state index in [4.69, 9.17) is 4.74 Å². The second-order valence-electron chi connectivity index (χ2n) is 16.0. The van der Waals surface area contributed by atoms with Gasteiger partial charge in [0.1, 0.15) is 6.10 Å². The minimum absolute atomic E-state index is 0.0245. The maximum atomic E-state index is 13.2. The minimum atomic E-state index is -0.814. The lowest BCUT2D eigenvalue weighted by atomic mass is 10.0. The van der Waals surface area contributed by atoms with E-state index in [0.29, 0.717) is 19.3 Å². The molecule has 0 aliphatic carbocycles. The largest absolute Gasteiger partial charge is 0.462 e. The second kappa shape index (κ2) is 47.3. The molecule has 3 atom stereocenters. The van der Waals surface area contributed by atoms with E-state index in [1.165, 1.54) is 57.8 Å². The summed E-state index contributed by atoms with van der Waals surface area (Å²) in [5.74, 6) is -0.579. The van der Waals surface area contributed by atoms with Crippen LogP contribution >= 0.6 is 0 Å². The molecule has 61 heavy (non-hydrogen) atoms. The van der Waals surface area contributed by atoms with Crippen LogP contribution in [0, 0.1) is 0 Å². The van der Waals surface area contributed by atoms with E-state index in [1.54, 1.807) is 0 Å². The number of nitrogens with one attached hydrogen (secondary N) is 1. The van der Waals surface area contributed by atoms with E-state index in [0.717, 1.165) is 83.5 Å². The predicted molar refractivity (Wildman–Crippen MR) is 263 cm³/mol. The number of carbonyl (C=O) groups is 2. The summed E-state index contributed by atoms with van der Waals surface area (Å²) in [4.78, 5) is 26.1. The number of aliphatic hydroxyl groups excluding tert-OH is 2. The summed E-state index contributed by atoms with van der Waals surface area (Å²) >= 11 is 0. The van der Waals surface area contributed by atoms with Crippen molar-refractivity contribution in [2.24, 2.45) is 0 Å². The summed E-state index contributed by atoms with van der Waals surface area (Å²) in [7, 11) is 0. The van der Waals surface area contributed by atoms with Crippen LogP contribution in [-0.4, -0.2) is 46.9 Å². The molecule has 0 aliphatic heterocycles. The first kappa shape index (κ1) is 57.3. The number of amides is 1. The van der Waals surface area contributed by atoms with Gasteiger partial charge < -0.3 is 20.3 Å². The van der Waals surface area contributed by atoms with Gasteiger partial charge in [-0.2, -0.15) is 0 Å². The van der Waals surface area contributed by atoms with Crippen LogP contribution < -0.4 is 5.32 Å². The summed E-state index contributed by atoms with van der Waals surface area (Å²) in [5, 5.41) is 23.7. The number of allylic oxidation sites excluding steroid dienone is 20. The Morgan fingerprint density at radius 2 is 0.885 bits per heavy atom. The van der Waals surface area contributed by atoms with Crippen molar-refractivity contribution >= 4 is 11.9 Å². The Morgan fingerprint density at radius 1 is 0.492 bits per heavy atom. The normalized spacial score (nSPS) is 14.4. The predicted octanol–water partition coefficient (Wildman–Crippen LogP) is 14.5. The smallest absolute Gasteiger partial charge is 0.306 e. The van der Waals surface area contributed by atoms with Crippen molar-refractivity contribution in [2.45, 2.75) is 206 Å². The van der Waals surface area contributed by atoms with Crippen LogP contribution in [0.2, 0.25) is 0 Å². The lowest BCUT2D eigenvalue weighted by molar-refractivity contribution is -0.151. The molecule has 0 rings (SSSR count). The van der Waals surface area contributed by atoms with Crippen LogP contribution in [0.4, 0.5) is 0 Å². The summed E-state index contributed by atoms with van der Waals surface area (Å²) in [5.41, 5.74) is 0. The third-order valence-electron chi connectivity index (χ3n) is 10.3. The molecule has 0 fully saturated rings. The van der Waals surface area contributed by atoms with E-state index in [2.05, 4.69) is 56.5 Å². The van der Waals surface area contributed by atoms with Gasteiger partial charge in [0.2, 0.25) is 5.91 Å². The number of ether oxygens (including phenoxy) is 1.